The Hall–Kier alpha value is -5.96. The predicted octanol–water partition coefficient (Wildman–Crippen LogP) is 6.43. The van der Waals surface area contributed by atoms with E-state index >= 15 is 0 Å². The zero-order chi connectivity index (χ0) is 34.3. The summed E-state index contributed by atoms with van der Waals surface area (Å²) in [5.74, 6) is -1.89. The standard InChI is InChI=1S/C40H38N2O7/c43-37(47-26-29-12-4-1-5-13-29)23-22-35(39(45)48-27-30-14-6-2-7-15-30)41-38(44)36(42-40(46)49-28-31-16-8-3-9-17-31)25-32-20-21-33-18-10-11-19-34(33)24-32/h1-21,24,35-36H,22-23,25-28H2,(H,41,44)(H,42,46)/t35-,36-/m0/s1. The van der Waals surface area contributed by atoms with Crippen LogP contribution in [0.25, 0.3) is 10.8 Å². The summed E-state index contributed by atoms with van der Waals surface area (Å²) in [5, 5.41) is 7.40. The average Bonchev–Trinajstić information content (AvgIpc) is 3.14. The third-order valence-electron chi connectivity index (χ3n) is 7.78. The molecule has 250 valence electrons. The van der Waals surface area contributed by atoms with E-state index in [0.717, 1.165) is 33.0 Å². The lowest BCUT2D eigenvalue weighted by Crippen LogP contribution is -2.53. The summed E-state index contributed by atoms with van der Waals surface area (Å²) in [6.45, 7) is 0.0730. The molecule has 0 heterocycles. The lowest BCUT2D eigenvalue weighted by molar-refractivity contribution is -0.150. The number of nitrogens with one attached hydrogen (secondary N) is 2. The van der Waals surface area contributed by atoms with Gasteiger partial charge in [0.25, 0.3) is 0 Å². The van der Waals surface area contributed by atoms with Crippen molar-refractivity contribution in [2.75, 3.05) is 0 Å². The number of alkyl carbamates (subject to hydrolysis) is 1. The molecule has 0 radical (unpaired) electrons. The van der Waals surface area contributed by atoms with Crippen molar-refractivity contribution in [3.63, 3.8) is 0 Å². The Balaban J connectivity index is 1.29. The second kappa shape index (κ2) is 17.8. The van der Waals surface area contributed by atoms with Crippen LogP contribution in [-0.2, 0) is 54.8 Å². The fraction of sp³-hybridized carbons (Fsp3) is 0.200. The van der Waals surface area contributed by atoms with E-state index in [2.05, 4.69) is 10.6 Å². The van der Waals surface area contributed by atoms with E-state index < -0.39 is 36.0 Å². The molecule has 0 fully saturated rings. The highest BCUT2D eigenvalue weighted by molar-refractivity contribution is 5.90. The summed E-state index contributed by atoms with van der Waals surface area (Å²) in [6.07, 6.45) is -0.909. The molecule has 0 saturated heterocycles. The normalized spacial score (nSPS) is 11.9. The number of ether oxygens (including phenoxy) is 3. The van der Waals surface area contributed by atoms with Crippen molar-refractivity contribution < 1.29 is 33.4 Å². The average molecular weight is 659 g/mol. The molecule has 0 spiro atoms. The van der Waals surface area contributed by atoms with Crippen molar-refractivity contribution in [1.82, 2.24) is 10.6 Å². The van der Waals surface area contributed by atoms with Crippen molar-refractivity contribution in [1.29, 1.82) is 0 Å². The Kier molecular flexibility index (Phi) is 12.5. The van der Waals surface area contributed by atoms with Crippen LogP contribution < -0.4 is 10.6 Å². The lowest BCUT2D eigenvalue weighted by atomic mass is 10.0. The maximum absolute atomic E-state index is 13.9. The van der Waals surface area contributed by atoms with Crippen LogP contribution in [0.2, 0.25) is 0 Å². The number of hydrogen-bond acceptors (Lipinski definition) is 7. The van der Waals surface area contributed by atoms with Gasteiger partial charge in [-0.2, -0.15) is 0 Å². The Morgan fingerprint density at radius 1 is 0.510 bits per heavy atom. The van der Waals surface area contributed by atoms with Crippen LogP contribution in [0.3, 0.4) is 0 Å². The van der Waals surface area contributed by atoms with Crippen LogP contribution in [0.5, 0.6) is 0 Å². The second-order valence-corrected chi connectivity index (χ2v) is 11.5. The quantitative estimate of drug-likeness (QED) is 0.0983. The minimum Gasteiger partial charge on any atom is -0.461 e. The first-order valence-electron chi connectivity index (χ1n) is 16.1. The molecular weight excluding hydrogens is 620 g/mol. The number of hydrogen-bond donors (Lipinski definition) is 2. The first kappa shape index (κ1) is 34.4. The van der Waals surface area contributed by atoms with Crippen LogP contribution in [0.1, 0.15) is 35.1 Å². The van der Waals surface area contributed by atoms with Crippen LogP contribution in [0, 0.1) is 0 Å². The maximum atomic E-state index is 13.9. The molecule has 0 aliphatic carbocycles. The van der Waals surface area contributed by atoms with Gasteiger partial charge in [-0.05, 0) is 39.4 Å². The van der Waals surface area contributed by atoms with Gasteiger partial charge in [0.2, 0.25) is 5.91 Å². The molecule has 0 unspecified atom stereocenters. The molecule has 2 amide bonds. The van der Waals surface area contributed by atoms with Crippen molar-refractivity contribution in [2.45, 2.75) is 51.2 Å². The van der Waals surface area contributed by atoms with Gasteiger partial charge in [0.05, 0.1) is 0 Å². The SMILES string of the molecule is O=C(CC[C@H](NC(=O)[C@H](Cc1ccc2ccccc2c1)NC(=O)OCc1ccccc1)C(=O)OCc1ccccc1)OCc1ccccc1. The van der Waals surface area contributed by atoms with Gasteiger partial charge in [-0.3, -0.25) is 9.59 Å². The Morgan fingerprint density at radius 2 is 1.04 bits per heavy atom. The number of amides is 2. The zero-order valence-electron chi connectivity index (χ0n) is 27.0. The van der Waals surface area contributed by atoms with Gasteiger partial charge >= 0.3 is 18.0 Å². The van der Waals surface area contributed by atoms with Gasteiger partial charge in [0.15, 0.2) is 0 Å². The summed E-state index contributed by atoms with van der Waals surface area (Å²) in [5.41, 5.74) is 3.16. The highest BCUT2D eigenvalue weighted by Gasteiger charge is 2.29. The summed E-state index contributed by atoms with van der Waals surface area (Å²) >= 11 is 0. The monoisotopic (exact) mass is 658 g/mol. The number of esters is 2. The minimum atomic E-state index is -1.19. The predicted molar refractivity (Wildman–Crippen MR) is 185 cm³/mol. The van der Waals surface area contributed by atoms with Gasteiger partial charge in [0.1, 0.15) is 31.9 Å². The van der Waals surface area contributed by atoms with Gasteiger partial charge < -0.3 is 24.8 Å². The van der Waals surface area contributed by atoms with Gasteiger partial charge in [-0.25, -0.2) is 9.59 Å². The summed E-state index contributed by atoms with van der Waals surface area (Å²) in [7, 11) is 0. The fourth-order valence-corrected chi connectivity index (χ4v) is 5.14. The van der Waals surface area contributed by atoms with Gasteiger partial charge in [-0.1, -0.05) is 133 Å². The zero-order valence-corrected chi connectivity index (χ0v) is 27.0. The summed E-state index contributed by atoms with van der Waals surface area (Å²) in [4.78, 5) is 52.8. The number of carbonyl (C=O) groups is 4. The molecule has 0 aromatic heterocycles. The first-order chi connectivity index (χ1) is 23.9. The molecular formula is C40H38N2O7. The lowest BCUT2D eigenvalue weighted by Gasteiger charge is -2.23. The number of rotatable bonds is 15. The molecule has 9 nitrogen and oxygen atoms in total. The van der Waals surface area contributed by atoms with Crippen molar-refractivity contribution in [3.8, 4) is 0 Å². The minimum absolute atomic E-state index is 0.0104. The van der Waals surface area contributed by atoms with E-state index in [-0.39, 0.29) is 39.1 Å². The molecule has 0 aliphatic heterocycles. The molecule has 5 aromatic carbocycles. The molecule has 5 rings (SSSR count). The van der Waals surface area contributed by atoms with Gasteiger partial charge in [-0.15, -0.1) is 0 Å². The summed E-state index contributed by atoms with van der Waals surface area (Å²) in [6, 6.07) is 38.8. The van der Waals surface area contributed by atoms with E-state index in [0.29, 0.717) is 0 Å². The largest absolute Gasteiger partial charge is 0.461 e. The second-order valence-electron chi connectivity index (χ2n) is 11.5. The molecule has 49 heavy (non-hydrogen) atoms. The van der Waals surface area contributed by atoms with Crippen LogP contribution >= 0.6 is 0 Å². The third-order valence-corrected chi connectivity index (χ3v) is 7.78. The van der Waals surface area contributed by atoms with E-state index in [9.17, 15) is 19.2 Å². The molecule has 2 N–H and O–H groups in total. The Bertz CT molecular complexity index is 1830. The molecule has 0 bridgehead atoms. The molecule has 9 heteroatoms. The molecule has 2 atom stereocenters. The number of benzene rings is 5. The maximum Gasteiger partial charge on any atom is 0.408 e. The first-order valence-corrected chi connectivity index (χ1v) is 16.1. The fourth-order valence-electron chi connectivity index (χ4n) is 5.14. The van der Waals surface area contributed by atoms with Crippen molar-refractivity contribution in [2.24, 2.45) is 0 Å². The van der Waals surface area contributed by atoms with E-state index in [1.54, 1.807) is 0 Å². The van der Waals surface area contributed by atoms with Crippen LogP contribution in [-0.4, -0.2) is 36.0 Å². The van der Waals surface area contributed by atoms with Gasteiger partial charge in [0, 0.05) is 12.8 Å². The topological polar surface area (TPSA) is 120 Å². The molecule has 0 saturated carbocycles. The van der Waals surface area contributed by atoms with E-state index in [1.807, 2.05) is 133 Å². The Morgan fingerprint density at radius 3 is 1.65 bits per heavy atom. The Labute approximate surface area is 285 Å². The smallest absolute Gasteiger partial charge is 0.408 e. The summed E-state index contributed by atoms with van der Waals surface area (Å²) < 4.78 is 16.4. The van der Waals surface area contributed by atoms with Crippen molar-refractivity contribution in [3.05, 3.63) is 156 Å². The number of carbonyl (C=O) groups excluding carboxylic acids is 4. The molecule has 5 aromatic rings. The van der Waals surface area contributed by atoms with Crippen LogP contribution in [0.4, 0.5) is 4.79 Å². The van der Waals surface area contributed by atoms with Crippen molar-refractivity contribution >= 4 is 34.7 Å². The third kappa shape index (κ3) is 11.1. The van der Waals surface area contributed by atoms with Crippen LogP contribution in [0.15, 0.2) is 133 Å². The highest BCUT2D eigenvalue weighted by Crippen LogP contribution is 2.17. The van der Waals surface area contributed by atoms with E-state index in [1.165, 1.54) is 0 Å². The molecule has 0 aliphatic rings. The number of fused-ring (bicyclic) bond motifs is 1. The van der Waals surface area contributed by atoms with E-state index in [4.69, 9.17) is 14.2 Å². The highest BCUT2D eigenvalue weighted by atomic mass is 16.6.